The number of nitriles is 1. The highest BCUT2D eigenvalue weighted by atomic mass is 16.1. The Balaban J connectivity index is 1.89. The molecule has 3 rings (SSSR count). The Bertz CT molecular complexity index is 974. The standard InChI is InChI=1S/C22H22N4O/c1-22(2,3)19-13-20(26(25-19)15-17-7-5-4-6-8-17)24-21(27)18-11-9-16(14-23)10-12-18/h4-13H,15H2,1-3H3,(H,24,27). The second kappa shape index (κ2) is 7.46. The van der Waals surface area contributed by atoms with Crippen molar-refractivity contribution in [3.63, 3.8) is 0 Å². The quantitative estimate of drug-likeness (QED) is 0.753. The molecule has 5 heteroatoms. The van der Waals surface area contributed by atoms with E-state index in [1.165, 1.54) is 0 Å². The van der Waals surface area contributed by atoms with Crippen LogP contribution in [0.5, 0.6) is 0 Å². The molecule has 0 atom stereocenters. The first kappa shape index (κ1) is 18.4. The van der Waals surface area contributed by atoms with E-state index in [9.17, 15) is 4.79 Å². The zero-order valence-electron chi connectivity index (χ0n) is 15.7. The van der Waals surface area contributed by atoms with Gasteiger partial charge in [-0.2, -0.15) is 10.4 Å². The van der Waals surface area contributed by atoms with Crippen molar-refractivity contribution in [1.29, 1.82) is 5.26 Å². The van der Waals surface area contributed by atoms with Crippen LogP contribution in [0.1, 0.15) is 48.0 Å². The normalized spacial score (nSPS) is 11.0. The molecule has 27 heavy (non-hydrogen) atoms. The van der Waals surface area contributed by atoms with E-state index in [1.54, 1.807) is 24.3 Å². The Kier molecular flexibility index (Phi) is 5.09. The summed E-state index contributed by atoms with van der Waals surface area (Å²) in [4.78, 5) is 12.6. The number of anilines is 1. The highest BCUT2D eigenvalue weighted by Gasteiger charge is 2.21. The number of hydrogen-bond acceptors (Lipinski definition) is 3. The van der Waals surface area contributed by atoms with E-state index in [-0.39, 0.29) is 11.3 Å². The first-order chi connectivity index (χ1) is 12.9. The summed E-state index contributed by atoms with van der Waals surface area (Å²) in [6.45, 7) is 6.84. The average molecular weight is 358 g/mol. The zero-order chi connectivity index (χ0) is 19.4. The summed E-state index contributed by atoms with van der Waals surface area (Å²) in [5.41, 5.74) is 2.91. The van der Waals surface area contributed by atoms with Crippen LogP contribution in [0.3, 0.4) is 0 Å². The third kappa shape index (κ3) is 4.42. The topological polar surface area (TPSA) is 70.7 Å². The Morgan fingerprint density at radius 3 is 2.37 bits per heavy atom. The number of carbonyl (C=O) groups excluding carboxylic acids is 1. The minimum absolute atomic E-state index is 0.129. The van der Waals surface area contributed by atoms with Crippen molar-refractivity contribution < 1.29 is 4.79 Å². The van der Waals surface area contributed by atoms with Gasteiger partial charge in [-0.15, -0.1) is 0 Å². The first-order valence-corrected chi connectivity index (χ1v) is 8.80. The van der Waals surface area contributed by atoms with Crippen LogP contribution in [0.15, 0.2) is 60.7 Å². The highest BCUT2D eigenvalue weighted by Crippen LogP contribution is 2.25. The van der Waals surface area contributed by atoms with Crippen molar-refractivity contribution >= 4 is 11.7 Å². The Hall–Kier alpha value is -3.39. The number of nitrogens with one attached hydrogen (secondary N) is 1. The minimum Gasteiger partial charge on any atom is -0.307 e. The molecule has 0 unspecified atom stereocenters. The summed E-state index contributed by atoms with van der Waals surface area (Å²) in [6.07, 6.45) is 0. The molecule has 0 radical (unpaired) electrons. The lowest BCUT2D eigenvalue weighted by Crippen LogP contribution is -2.16. The predicted molar refractivity (Wildman–Crippen MR) is 106 cm³/mol. The Morgan fingerprint density at radius 1 is 1.11 bits per heavy atom. The van der Waals surface area contributed by atoms with Crippen LogP contribution in [0.25, 0.3) is 0 Å². The van der Waals surface area contributed by atoms with Gasteiger partial charge in [-0.3, -0.25) is 4.79 Å². The third-order valence-electron chi connectivity index (χ3n) is 4.24. The van der Waals surface area contributed by atoms with Crippen LogP contribution in [-0.4, -0.2) is 15.7 Å². The van der Waals surface area contributed by atoms with Gasteiger partial charge in [0, 0.05) is 17.0 Å². The fraction of sp³-hybridized carbons (Fsp3) is 0.227. The SMILES string of the molecule is CC(C)(C)c1cc(NC(=O)c2ccc(C#N)cc2)n(Cc2ccccc2)n1. The molecule has 0 aliphatic carbocycles. The summed E-state index contributed by atoms with van der Waals surface area (Å²) in [7, 11) is 0. The van der Waals surface area contributed by atoms with Gasteiger partial charge < -0.3 is 5.32 Å². The van der Waals surface area contributed by atoms with Crippen LogP contribution in [0.4, 0.5) is 5.82 Å². The molecule has 1 amide bonds. The van der Waals surface area contributed by atoms with Gasteiger partial charge in [-0.05, 0) is 29.8 Å². The molecule has 0 aliphatic heterocycles. The maximum absolute atomic E-state index is 12.6. The molecule has 1 heterocycles. The van der Waals surface area contributed by atoms with Crippen LogP contribution >= 0.6 is 0 Å². The lowest BCUT2D eigenvalue weighted by Gasteiger charge is -2.14. The summed E-state index contributed by atoms with van der Waals surface area (Å²) in [5, 5.41) is 16.6. The molecular formula is C22H22N4O. The predicted octanol–water partition coefficient (Wildman–Crippen LogP) is 4.35. The third-order valence-corrected chi connectivity index (χ3v) is 4.24. The van der Waals surface area contributed by atoms with Gasteiger partial charge in [0.25, 0.3) is 5.91 Å². The zero-order valence-corrected chi connectivity index (χ0v) is 15.7. The van der Waals surface area contributed by atoms with Crippen molar-refractivity contribution in [3.8, 4) is 6.07 Å². The van der Waals surface area contributed by atoms with E-state index in [0.717, 1.165) is 11.3 Å². The summed E-state index contributed by atoms with van der Waals surface area (Å²) in [5.74, 6) is 0.423. The van der Waals surface area contributed by atoms with E-state index in [1.807, 2.05) is 41.1 Å². The molecule has 0 fully saturated rings. The molecule has 2 aromatic carbocycles. The molecule has 0 saturated carbocycles. The maximum Gasteiger partial charge on any atom is 0.256 e. The van der Waals surface area contributed by atoms with Crippen LogP contribution in [0.2, 0.25) is 0 Å². The van der Waals surface area contributed by atoms with Gasteiger partial charge in [-0.1, -0.05) is 51.1 Å². The van der Waals surface area contributed by atoms with Crippen molar-refractivity contribution in [2.24, 2.45) is 0 Å². The minimum atomic E-state index is -0.228. The van der Waals surface area contributed by atoms with Gasteiger partial charge in [0.1, 0.15) is 5.82 Å². The number of nitrogens with zero attached hydrogens (tertiary/aromatic N) is 3. The molecule has 1 aromatic heterocycles. The van der Waals surface area contributed by atoms with Crippen molar-refractivity contribution in [2.45, 2.75) is 32.7 Å². The van der Waals surface area contributed by atoms with E-state index < -0.39 is 0 Å². The Labute approximate surface area is 159 Å². The van der Waals surface area contributed by atoms with E-state index >= 15 is 0 Å². The molecule has 1 N–H and O–H groups in total. The molecule has 136 valence electrons. The number of amides is 1. The van der Waals surface area contributed by atoms with E-state index in [0.29, 0.717) is 23.5 Å². The summed E-state index contributed by atoms with van der Waals surface area (Å²) >= 11 is 0. The smallest absolute Gasteiger partial charge is 0.256 e. The lowest BCUT2D eigenvalue weighted by atomic mass is 9.92. The van der Waals surface area contributed by atoms with E-state index in [4.69, 9.17) is 10.4 Å². The molecule has 3 aromatic rings. The summed E-state index contributed by atoms with van der Waals surface area (Å²) < 4.78 is 1.82. The van der Waals surface area contributed by atoms with E-state index in [2.05, 4.69) is 32.2 Å². The van der Waals surface area contributed by atoms with Gasteiger partial charge in [0.05, 0.1) is 23.9 Å². The van der Waals surface area contributed by atoms with Crippen molar-refractivity contribution in [1.82, 2.24) is 9.78 Å². The number of aromatic nitrogens is 2. The monoisotopic (exact) mass is 358 g/mol. The fourth-order valence-corrected chi connectivity index (χ4v) is 2.65. The number of hydrogen-bond donors (Lipinski definition) is 1. The molecule has 0 spiro atoms. The Morgan fingerprint density at radius 2 is 1.78 bits per heavy atom. The molecule has 0 bridgehead atoms. The maximum atomic E-state index is 12.6. The second-order valence-electron chi connectivity index (χ2n) is 7.45. The van der Waals surface area contributed by atoms with Crippen molar-refractivity contribution in [2.75, 3.05) is 5.32 Å². The van der Waals surface area contributed by atoms with Crippen LogP contribution in [-0.2, 0) is 12.0 Å². The van der Waals surface area contributed by atoms with Crippen LogP contribution < -0.4 is 5.32 Å². The molecule has 0 saturated heterocycles. The highest BCUT2D eigenvalue weighted by molar-refractivity contribution is 6.03. The molecule has 0 aliphatic rings. The molecule has 5 nitrogen and oxygen atoms in total. The van der Waals surface area contributed by atoms with Gasteiger partial charge >= 0.3 is 0 Å². The van der Waals surface area contributed by atoms with Gasteiger partial charge in [-0.25, -0.2) is 4.68 Å². The fourth-order valence-electron chi connectivity index (χ4n) is 2.65. The number of carbonyl (C=O) groups is 1. The van der Waals surface area contributed by atoms with Crippen molar-refractivity contribution in [3.05, 3.63) is 83.0 Å². The summed E-state index contributed by atoms with van der Waals surface area (Å²) in [6, 6.07) is 20.6. The second-order valence-corrected chi connectivity index (χ2v) is 7.45. The molecular weight excluding hydrogens is 336 g/mol. The number of rotatable bonds is 4. The first-order valence-electron chi connectivity index (χ1n) is 8.80. The largest absolute Gasteiger partial charge is 0.307 e. The van der Waals surface area contributed by atoms with Crippen LogP contribution in [0, 0.1) is 11.3 Å². The average Bonchev–Trinajstić information content (AvgIpc) is 3.05. The van der Waals surface area contributed by atoms with Gasteiger partial charge in [0.15, 0.2) is 0 Å². The number of benzene rings is 2. The lowest BCUT2D eigenvalue weighted by molar-refractivity contribution is 0.102. The van der Waals surface area contributed by atoms with Gasteiger partial charge in [0.2, 0.25) is 0 Å².